The van der Waals surface area contributed by atoms with Gasteiger partial charge in [0, 0.05) is 0 Å². The topological polar surface area (TPSA) is 0 Å². The van der Waals surface area contributed by atoms with E-state index in [-0.39, 0.29) is 7.92 Å². The average Bonchev–Trinajstić information content (AvgIpc) is 3.19. The zero-order valence-electron chi connectivity index (χ0n) is 16.9. The fourth-order valence-corrected chi connectivity index (χ4v) is 11.5. The highest BCUT2D eigenvalue weighted by atomic mass is 31.1. The second kappa shape index (κ2) is 9.23. The van der Waals surface area contributed by atoms with Crippen LogP contribution in [0.2, 0.25) is 0 Å². The monoisotopic (exact) mass is 370 g/mol. The SMILES string of the molecule is C[C@H](c1ccccc1)C1CCCC1P(C1CCCCC1)C1CCCCC1. The minimum absolute atomic E-state index is 0.240. The summed E-state index contributed by atoms with van der Waals surface area (Å²) < 4.78 is 0. The zero-order chi connectivity index (χ0) is 17.8. The number of rotatable bonds is 5. The van der Waals surface area contributed by atoms with Gasteiger partial charge in [-0.25, -0.2) is 0 Å². The maximum atomic E-state index is 2.55. The molecule has 3 atom stereocenters. The fourth-order valence-electron chi connectivity index (χ4n) is 6.52. The van der Waals surface area contributed by atoms with Gasteiger partial charge in [-0.2, -0.15) is 0 Å². The molecule has 3 aliphatic carbocycles. The molecule has 0 bridgehead atoms. The largest absolute Gasteiger partial charge is 0.0968 e. The van der Waals surface area contributed by atoms with Crippen LogP contribution >= 0.6 is 7.92 Å². The lowest BCUT2D eigenvalue weighted by molar-refractivity contribution is 0.443. The second-order valence-electron chi connectivity index (χ2n) is 9.39. The molecule has 0 spiro atoms. The summed E-state index contributed by atoms with van der Waals surface area (Å²) in [6.45, 7) is 2.55. The Balaban J connectivity index is 1.56. The smallest absolute Gasteiger partial charge is 0.0156 e. The molecular weight excluding hydrogens is 331 g/mol. The van der Waals surface area contributed by atoms with E-state index in [9.17, 15) is 0 Å². The molecule has 1 heteroatoms. The van der Waals surface area contributed by atoms with Crippen LogP contribution in [0.1, 0.15) is 102 Å². The molecule has 0 aromatic heterocycles. The molecule has 4 rings (SSSR count). The van der Waals surface area contributed by atoms with E-state index in [2.05, 4.69) is 37.3 Å². The summed E-state index contributed by atoms with van der Waals surface area (Å²) in [7, 11) is 0.240. The van der Waals surface area contributed by atoms with E-state index < -0.39 is 0 Å². The molecule has 1 aromatic rings. The molecule has 26 heavy (non-hydrogen) atoms. The summed E-state index contributed by atoms with van der Waals surface area (Å²) in [5.74, 6) is 1.73. The van der Waals surface area contributed by atoms with Crippen LogP contribution in [0.3, 0.4) is 0 Å². The van der Waals surface area contributed by atoms with Crippen molar-refractivity contribution < 1.29 is 0 Å². The summed E-state index contributed by atoms with van der Waals surface area (Å²) in [4.78, 5) is 0. The first-order valence-electron chi connectivity index (χ1n) is 11.7. The van der Waals surface area contributed by atoms with Crippen LogP contribution in [0, 0.1) is 5.92 Å². The van der Waals surface area contributed by atoms with Crippen molar-refractivity contribution in [1.29, 1.82) is 0 Å². The first kappa shape index (κ1) is 19.0. The summed E-state index contributed by atoms with van der Waals surface area (Å²) in [5, 5.41) is 0. The van der Waals surface area contributed by atoms with Crippen molar-refractivity contribution in [3.05, 3.63) is 35.9 Å². The standard InChI is InChI=1S/C25H39P/c1-20(21-12-5-2-6-13-21)24-18-11-19-25(24)26(22-14-7-3-8-15-22)23-16-9-4-10-17-23/h2,5-6,12-13,20,22-25H,3-4,7-11,14-19H2,1H3/t20-,24?,25?/m1/s1. The number of hydrogen-bond donors (Lipinski definition) is 0. The molecule has 2 unspecified atom stereocenters. The maximum absolute atomic E-state index is 2.55. The van der Waals surface area contributed by atoms with Crippen molar-refractivity contribution in [2.75, 3.05) is 0 Å². The second-order valence-corrected chi connectivity index (χ2v) is 12.4. The Morgan fingerprint density at radius 3 is 1.85 bits per heavy atom. The van der Waals surface area contributed by atoms with Gasteiger partial charge in [0.15, 0.2) is 0 Å². The molecule has 0 aliphatic heterocycles. The van der Waals surface area contributed by atoms with Gasteiger partial charge >= 0.3 is 0 Å². The predicted octanol–water partition coefficient (Wildman–Crippen LogP) is 8.11. The summed E-state index contributed by atoms with van der Waals surface area (Å²) in [6, 6.07) is 11.5. The van der Waals surface area contributed by atoms with Crippen LogP contribution in [0.5, 0.6) is 0 Å². The molecule has 0 radical (unpaired) electrons. The molecule has 0 N–H and O–H groups in total. The highest BCUT2D eigenvalue weighted by molar-refractivity contribution is 7.60. The van der Waals surface area contributed by atoms with Crippen molar-refractivity contribution in [3.8, 4) is 0 Å². The molecule has 3 aliphatic rings. The van der Waals surface area contributed by atoms with Gasteiger partial charge in [0.05, 0.1) is 0 Å². The maximum Gasteiger partial charge on any atom is -0.0156 e. The van der Waals surface area contributed by atoms with Gasteiger partial charge in [-0.3, -0.25) is 0 Å². The minimum Gasteiger partial charge on any atom is -0.0968 e. The van der Waals surface area contributed by atoms with Gasteiger partial charge in [-0.05, 0) is 72.9 Å². The van der Waals surface area contributed by atoms with E-state index in [0.717, 1.165) is 28.8 Å². The summed E-state index contributed by atoms with van der Waals surface area (Å²) >= 11 is 0. The third-order valence-electron chi connectivity index (χ3n) is 7.87. The third kappa shape index (κ3) is 4.22. The molecule has 0 heterocycles. The fraction of sp³-hybridized carbons (Fsp3) is 0.760. The van der Waals surface area contributed by atoms with E-state index in [1.807, 2.05) is 0 Å². The van der Waals surface area contributed by atoms with Gasteiger partial charge in [-0.1, -0.05) is 90.1 Å². The molecular formula is C25H39P. The quantitative estimate of drug-likeness (QED) is 0.459. The molecule has 3 saturated carbocycles. The van der Waals surface area contributed by atoms with E-state index in [1.165, 1.54) is 51.4 Å². The van der Waals surface area contributed by atoms with E-state index in [0.29, 0.717) is 0 Å². The normalized spacial score (nSPS) is 29.9. The Bertz CT molecular complexity index is 508. The van der Waals surface area contributed by atoms with Gasteiger partial charge in [0.1, 0.15) is 0 Å². The van der Waals surface area contributed by atoms with Crippen LogP contribution < -0.4 is 0 Å². The highest BCUT2D eigenvalue weighted by Gasteiger charge is 2.43. The van der Waals surface area contributed by atoms with Crippen molar-refractivity contribution in [3.63, 3.8) is 0 Å². The Morgan fingerprint density at radius 1 is 0.692 bits per heavy atom. The van der Waals surface area contributed by atoms with Gasteiger partial charge < -0.3 is 0 Å². The van der Waals surface area contributed by atoms with Crippen molar-refractivity contribution in [2.45, 2.75) is 113 Å². The van der Waals surface area contributed by atoms with Crippen LogP contribution in [0.4, 0.5) is 0 Å². The zero-order valence-corrected chi connectivity index (χ0v) is 17.8. The van der Waals surface area contributed by atoms with Crippen LogP contribution in [0.15, 0.2) is 30.3 Å². The lowest BCUT2D eigenvalue weighted by Gasteiger charge is -2.45. The Morgan fingerprint density at radius 2 is 1.27 bits per heavy atom. The Labute approximate surface area is 163 Å². The molecule has 144 valence electrons. The van der Waals surface area contributed by atoms with E-state index in [1.54, 1.807) is 37.7 Å². The molecule has 0 nitrogen and oxygen atoms in total. The lowest BCUT2D eigenvalue weighted by atomic mass is 9.86. The lowest BCUT2D eigenvalue weighted by Crippen LogP contribution is -2.30. The van der Waals surface area contributed by atoms with Crippen molar-refractivity contribution in [1.82, 2.24) is 0 Å². The highest BCUT2D eigenvalue weighted by Crippen LogP contribution is 2.65. The van der Waals surface area contributed by atoms with E-state index >= 15 is 0 Å². The first-order chi connectivity index (χ1) is 12.8. The predicted molar refractivity (Wildman–Crippen MR) is 117 cm³/mol. The van der Waals surface area contributed by atoms with Crippen LogP contribution in [-0.2, 0) is 0 Å². The average molecular weight is 371 g/mol. The van der Waals surface area contributed by atoms with Gasteiger partial charge in [-0.15, -0.1) is 0 Å². The Kier molecular flexibility index (Phi) is 6.74. The summed E-state index contributed by atoms with van der Waals surface area (Å²) in [6.07, 6.45) is 20.0. The first-order valence-corrected chi connectivity index (χ1v) is 13.2. The van der Waals surface area contributed by atoms with E-state index in [4.69, 9.17) is 0 Å². The summed E-state index contributed by atoms with van der Waals surface area (Å²) in [5.41, 5.74) is 4.92. The molecule has 3 fully saturated rings. The third-order valence-corrected chi connectivity index (χ3v) is 12.0. The van der Waals surface area contributed by atoms with Crippen LogP contribution in [0.25, 0.3) is 0 Å². The van der Waals surface area contributed by atoms with Gasteiger partial charge in [0.25, 0.3) is 0 Å². The van der Waals surface area contributed by atoms with Crippen molar-refractivity contribution >= 4 is 7.92 Å². The molecule has 1 aromatic carbocycles. The number of hydrogen-bond acceptors (Lipinski definition) is 0. The van der Waals surface area contributed by atoms with Crippen molar-refractivity contribution in [2.24, 2.45) is 5.92 Å². The minimum atomic E-state index is 0.240. The molecule has 0 amide bonds. The molecule has 0 saturated heterocycles. The Hall–Kier alpha value is -0.350. The number of benzene rings is 1. The van der Waals surface area contributed by atoms with Gasteiger partial charge in [0.2, 0.25) is 0 Å². The van der Waals surface area contributed by atoms with Crippen LogP contribution in [-0.4, -0.2) is 17.0 Å².